The van der Waals surface area contributed by atoms with Gasteiger partial charge in [-0.15, -0.1) is 0 Å². The van der Waals surface area contributed by atoms with Gasteiger partial charge in [0.15, 0.2) is 17.3 Å². The summed E-state index contributed by atoms with van der Waals surface area (Å²) in [6.07, 6.45) is 2.65. The highest BCUT2D eigenvalue weighted by Gasteiger charge is 2.41. The largest absolute Gasteiger partial charge is 0.493 e. The van der Waals surface area contributed by atoms with Crippen molar-refractivity contribution in [1.29, 1.82) is 0 Å². The maximum absolute atomic E-state index is 15.3. The van der Waals surface area contributed by atoms with E-state index in [1.165, 1.54) is 0 Å². The van der Waals surface area contributed by atoms with E-state index in [-0.39, 0.29) is 29.3 Å². The lowest BCUT2D eigenvalue weighted by Crippen LogP contribution is -2.53. The van der Waals surface area contributed by atoms with Gasteiger partial charge in [-0.05, 0) is 69.6 Å². The molecule has 4 rings (SSSR count). The number of piperidine rings is 1. The van der Waals surface area contributed by atoms with Crippen molar-refractivity contribution in [2.24, 2.45) is 5.92 Å². The number of benzene rings is 1. The SMILES string of the molecule is COc1cc2c(c(F)c1OCC1CC1)CCN1C[C@@H](OC(C)(C)C)[C@H](O)C[C@H]21. The second-order valence-corrected chi connectivity index (χ2v) is 9.38. The zero-order valence-electron chi connectivity index (χ0n) is 17.3. The van der Waals surface area contributed by atoms with Crippen LogP contribution >= 0.6 is 0 Å². The lowest BCUT2D eigenvalue weighted by Gasteiger charge is -2.46. The van der Waals surface area contributed by atoms with E-state index >= 15 is 4.39 Å². The number of rotatable bonds is 5. The second-order valence-electron chi connectivity index (χ2n) is 9.38. The summed E-state index contributed by atoms with van der Waals surface area (Å²) < 4.78 is 32.6. The van der Waals surface area contributed by atoms with Gasteiger partial charge in [0.05, 0.1) is 31.5 Å². The molecule has 1 saturated carbocycles. The summed E-state index contributed by atoms with van der Waals surface area (Å²) in [7, 11) is 1.55. The summed E-state index contributed by atoms with van der Waals surface area (Å²) >= 11 is 0. The van der Waals surface area contributed by atoms with Crippen molar-refractivity contribution in [1.82, 2.24) is 4.90 Å². The molecular weight excluding hydrogens is 361 g/mol. The summed E-state index contributed by atoms with van der Waals surface area (Å²) in [4.78, 5) is 2.30. The van der Waals surface area contributed by atoms with Crippen LogP contribution in [-0.2, 0) is 11.2 Å². The van der Waals surface area contributed by atoms with E-state index in [0.717, 1.165) is 24.9 Å². The van der Waals surface area contributed by atoms with Gasteiger partial charge in [0.2, 0.25) is 0 Å². The molecule has 2 aliphatic heterocycles. The normalized spacial score (nSPS) is 27.9. The Balaban J connectivity index is 1.59. The lowest BCUT2D eigenvalue weighted by molar-refractivity contribution is -0.149. The van der Waals surface area contributed by atoms with Crippen LogP contribution < -0.4 is 9.47 Å². The van der Waals surface area contributed by atoms with E-state index in [4.69, 9.17) is 14.2 Å². The maximum atomic E-state index is 15.3. The number of methoxy groups -OCH3 is 1. The Morgan fingerprint density at radius 1 is 1.29 bits per heavy atom. The van der Waals surface area contributed by atoms with Gasteiger partial charge in [0.25, 0.3) is 0 Å². The number of aliphatic hydroxyl groups is 1. The first-order valence-corrected chi connectivity index (χ1v) is 10.4. The molecule has 6 heteroatoms. The van der Waals surface area contributed by atoms with Crippen LogP contribution in [0.25, 0.3) is 0 Å². The Morgan fingerprint density at radius 3 is 2.68 bits per heavy atom. The van der Waals surface area contributed by atoms with E-state index in [0.29, 0.717) is 43.2 Å². The third-order valence-corrected chi connectivity index (χ3v) is 5.97. The van der Waals surface area contributed by atoms with Crippen molar-refractivity contribution in [2.75, 3.05) is 26.8 Å². The Bertz CT molecular complexity index is 728. The van der Waals surface area contributed by atoms with Gasteiger partial charge in [-0.25, -0.2) is 4.39 Å². The Labute approximate surface area is 166 Å². The van der Waals surface area contributed by atoms with E-state index in [2.05, 4.69) is 4.90 Å². The average Bonchev–Trinajstić information content (AvgIpc) is 3.44. The number of aliphatic hydroxyl groups excluding tert-OH is 1. The molecule has 2 fully saturated rings. The molecule has 0 radical (unpaired) electrons. The van der Waals surface area contributed by atoms with Gasteiger partial charge in [0, 0.05) is 19.1 Å². The number of halogens is 1. The average molecular weight is 393 g/mol. The first-order chi connectivity index (χ1) is 13.3. The standard InChI is InChI=1S/C22H32FNO4/c1-22(2,3)28-19-11-24-8-7-14-15(16(24)10-17(19)25)9-18(26-4)21(20(14)23)27-12-13-5-6-13/h9,13,16-17,19,25H,5-8,10-12H2,1-4H3/t16-,17-,19-/m1/s1. The van der Waals surface area contributed by atoms with Crippen molar-refractivity contribution in [3.63, 3.8) is 0 Å². The summed E-state index contributed by atoms with van der Waals surface area (Å²) in [6.45, 7) is 7.94. The maximum Gasteiger partial charge on any atom is 0.197 e. The predicted molar refractivity (Wildman–Crippen MR) is 104 cm³/mol. The fourth-order valence-corrected chi connectivity index (χ4v) is 4.39. The van der Waals surface area contributed by atoms with E-state index in [9.17, 15) is 5.11 Å². The third kappa shape index (κ3) is 4.00. The van der Waals surface area contributed by atoms with Crippen LogP contribution in [0, 0.1) is 11.7 Å². The summed E-state index contributed by atoms with van der Waals surface area (Å²) in [5.74, 6) is 0.939. The highest BCUT2D eigenvalue weighted by molar-refractivity contribution is 5.51. The predicted octanol–water partition coefficient (Wildman–Crippen LogP) is 3.47. The molecule has 28 heavy (non-hydrogen) atoms. The Hall–Kier alpha value is -1.37. The minimum absolute atomic E-state index is 0.0283. The van der Waals surface area contributed by atoms with Crippen LogP contribution in [0.2, 0.25) is 0 Å². The molecule has 1 saturated heterocycles. The van der Waals surface area contributed by atoms with Crippen LogP contribution in [-0.4, -0.2) is 54.6 Å². The first kappa shape index (κ1) is 19.9. The number of hydrogen-bond donors (Lipinski definition) is 1. The van der Waals surface area contributed by atoms with Gasteiger partial charge in [-0.1, -0.05) is 0 Å². The molecule has 3 atom stereocenters. The van der Waals surface area contributed by atoms with Crippen LogP contribution in [0.15, 0.2) is 6.07 Å². The van der Waals surface area contributed by atoms with Gasteiger partial charge in [0.1, 0.15) is 0 Å². The molecule has 3 aliphatic rings. The van der Waals surface area contributed by atoms with E-state index < -0.39 is 6.10 Å². The van der Waals surface area contributed by atoms with Gasteiger partial charge >= 0.3 is 0 Å². The number of fused-ring (bicyclic) bond motifs is 3. The Morgan fingerprint density at radius 2 is 2.04 bits per heavy atom. The van der Waals surface area contributed by atoms with Crippen molar-refractivity contribution in [3.8, 4) is 11.5 Å². The van der Waals surface area contributed by atoms with Gasteiger partial charge in [-0.2, -0.15) is 0 Å². The van der Waals surface area contributed by atoms with Crippen LogP contribution in [0.3, 0.4) is 0 Å². The highest BCUT2D eigenvalue weighted by atomic mass is 19.1. The van der Waals surface area contributed by atoms with Crippen molar-refractivity contribution in [2.45, 2.75) is 70.3 Å². The minimum atomic E-state index is -0.578. The second kappa shape index (κ2) is 7.47. The quantitative estimate of drug-likeness (QED) is 0.830. The lowest BCUT2D eigenvalue weighted by atomic mass is 9.84. The number of ether oxygens (including phenoxy) is 3. The van der Waals surface area contributed by atoms with Crippen LogP contribution in [0.4, 0.5) is 4.39 Å². The smallest absolute Gasteiger partial charge is 0.197 e. The molecule has 1 N–H and O–H groups in total. The molecule has 0 bridgehead atoms. The fraction of sp³-hybridized carbons (Fsp3) is 0.727. The van der Waals surface area contributed by atoms with E-state index in [1.54, 1.807) is 7.11 Å². The van der Waals surface area contributed by atoms with Crippen molar-refractivity contribution < 1.29 is 23.7 Å². The molecule has 1 aromatic carbocycles. The molecule has 2 heterocycles. The fourth-order valence-electron chi connectivity index (χ4n) is 4.39. The van der Waals surface area contributed by atoms with Gasteiger partial charge in [-0.3, -0.25) is 4.90 Å². The monoisotopic (exact) mass is 393 g/mol. The number of hydrogen-bond acceptors (Lipinski definition) is 5. The molecule has 0 aromatic heterocycles. The molecule has 1 aliphatic carbocycles. The van der Waals surface area contributed by atoms with Crippen molar-refractivity contribution >= 4 is 0 Å². The van der Waals surface area contributed by atoms with Gasteiger partial charge < -0.3 is 19.3 Å². The molecule has 0 unspecified atom stereocenters. The number of nitrogens with zero attached hydrogens (tertiary/aromatic N) is 1. The highest BCUT2D eigenvalue weighted by Crippen LogP contribution is 2.45. The third-order valence-electron chi connectivity index (χ3n) is 5.97. The van der Waals surface area contributed by atoms with Crippen LogP contribution in [0.5, 0.6) is 11.5 Å². The van der Waals surface area contributed by atoms with E-state index in [1.807, 2.05) is 26.8 Å². The zero-order chi connectivity index (χ0) is 20.1. The zero-order valence-corrected chi connectivity index (χ0v) is 17.3. The Kier molecular flexibility index (Phi) is 5.31. The topological polar surface area (TPSA) is 51.2 Å². The minimum Gasteiger partial charge on any atom is -0.493 e. The summed E-state index contributed by atoms with van der Waals surface area (Å²) in [5.41, 5.74) is 1.30. The van der Waals surface area contributed by atoms with Crippen LogP contribution in [0.1, 0.15) is 57.2 Å². The molecule has 0 spiro atoms. The summed E-state index contributed by atoms with van der Waals surface area (Å²) in [5, 5.41) is 10.7. The molecule has 1 aromatic rings. The molecule has 5 nitrogen and oxygen atoms in total. The molecular formula is C22H32FNO4. The summed E-state index contributed by atoms with van der Waals surface area (Å²) in [6, 6.07) is 1.88. The molecule has 0 amide bonds. The first-order valence-electron chi connectivity index (χ1n) is 10.4. The molecule has 156 valence electrons. The van der Waals surface area contributed by atoms with Crippen molar-refractivity contribution in [3.05, 3.63) is 23.0 Å².